The third-order valence-corrected chi connectivity index (χ3v) is 6.42. The first-order valence-corrected chi connectivity index (χ1v) is 10.2. The van der Waals surface area contributed by atoms with Crippen LogP contribution in [0.3, 0.4) is 0 Å². The predicted molar refractivity (Wildman–Crippen MR) is 109 cm³/mol. The van der Waals surface area contributed by atoms with Crippen LogP contribution in [0.2, 0.25) is 0 Å². The summed E-state index contributed by atoms with van der Waals surface area (Å²) < 4.78 is 10.6. The summed E-state index contributed by atoms with van der Waals surface area (Å²) in [5, 5.41) is 3.39. The van der Waals surface area contributed by atoms with Gasteiger partial charge in [-0.15, -0.1) is 11.3 Å². The second kappa shape index (κ2) is 7.67. The van der Waals surface area contributed by atoms with Crippen molar-refractivity contribution in [3.05, 3.63) is 45.8 Å². The second-order valence-electron chi connectivity index (χ2n) is 7.02. The van der Waals surface area contributed by atoms with Gasteiger partial charge in [0.05, 0.1) is 5.56 Å². The molecule has 1 aromatic carbocycles. The Kier molecular flexibility index (Phi) is 5.09. The smallest absolute Gasteiger partial charge is 0.251 e. The fraction of sp³-hybridized carbons (Fsp3) is 0.333. The van der Waals surface area contributed by atoms with E-state index in [-0.39, 0.29) is 12.7 Å². The monoisotopic (exact) mass is 398 g/mol. The number of nitrogens with two attached hydrogens (primary N) is 1. The molecule has 6 nitrogen and oxygen atoms in total. The lowest BCUT2D eigenvalue weighted by molar-refractivity contribution is -0.111. The molecule has 1 aromatic heterocycles. The zero-order valence-corrected chi connectivity index (χ0v) is 16.4. The molecule has 0 fully saturated rings. The Labute approximate surface area is 167 Å². The highest BCUT2D eigenvalue weighted by Gasteiger charge is 2.27. The summed E-state index contributed by atoms with van der Waals surface area (Å²) in [6, 6.07) is 5.47. The van der Waals surface area contributed by atoms with Crippen LogP contribution in [0.15, 0.2) is 24.3 Å². The number of anilines is 1. The van der Waals surface area contributed by atoms with Gasteiger partial charge >= 0.3 is 0 Å². The first-order chi connectivity index (χ1) is 13.5. The fourth-order valence-electron chi connectivity index (χ4n) is 3.69. The van der Waals surface area contributed by atoms with Crippen LogP contribution in [0.4, 0.5) is 5.00 Å². The van der Waals surface area contributed by atoms with Crippen LogP contribution in [-0.2, 0) is 17.6 Å². The summed E-state index contributed by atoms with van der Waals surface area (Å²) >= 11 is 1.47. The van der Waals surface area contributed by atoms with E-state index in [0.29, 0.717) is 28.0 Å². The Hall–Kier alpha value is -2.80. The van der Waals surface area contributed by atoms with E-state index < -0.39 is 5.91 Å². The number of carbonyl (C=O) groups excluding carboxylic acids is 2. The number of rotatable bonds is 5. The molecule has 0 bridgehead atoms. The lowest BCUT2D eigenvalue weighted by atomic mass is 9.85. The molecule has 1 aliphatic carbocycles. The van der Waals surface area contributed by atoms with Gasteiger partial charge in [0.15, 0.2) is 11.5 Å². The summed E-state index contributed by atoms with van der Waals surface area (Å²) in [4.78, 5) is 25.6. The van der Waals surface area contributed by atoms with Crippen LogP contribution >= 0.6 is 11.3 Å². The van der Waals surface area contributed by atoms with Crippen LogP contribution in [0.1, 0.15) is 46.1 Å². The predicted octanol–water partition coefficient (Wildman–Crippen LogP) is 3.74. The summed E-state index contributed by atoms with van der Waals surface area (Å²) in [6.45, 7) is 2.39. The van der Waals surface area contributed by atoms with Gasteiger partial charge in [-0.05, 0) is 54.5 Å². The van der Waals surface area contributed by atoms with E-state index >= 15 is 0 Å². The van der Waals surface area contributed by atoms with Crippen molar-refractivity contribution in [2.24, 2.45) is 11.7 Å². The van der Waals surface area contributed by atoms with Crippen molar-refractivity contribution in [3.8, 4) is 11.5 Å². The molecule has 3 N–H and O–H groups in total. The molecular weight excluding hydrogens is 376 g/mol. The Morgan fingerprint density at radius 2 is 2.14 bits per heavy atom. The van der Waals surface area contributed by atoms with Gasteiger partial charge in [0.25, 0.3) is 5.91 Å². The van der Waals surface area contributed by atoms with E-state index in [1.165, 1.54) is 22.3 Å². The number of hydrogen-bond donors (Lipinski definition) is 2. The Bertz CT molecular complexity index is 964. The van der Waals surface area contributed by atoms with Gasteiger partial charge in [-0.2, -0.15) is 0 Å². The minimum atomic E-state index is -0.484. The number of primary amides is 1. The third-order valence-electron chi connectivity index (χ3n) is 5.25. The topological polar surface area (TPSA) is 90.7 Å². The maximum absolute atomic E-state index is 12.4. The average molecular weight is 398 g/mol. The fourth-order valence-corrected chi connectivity index (χ4v) is 5.06. The number of ether oxygens (including phenoxy) is 2. The first-order valence-electron chi connectivity index (χ1n) is 9.38. The molecule has 1 aliphatic heterocycles. The van der Waals surface area contributed by atoms with Crippen molar-refractivity contribution in [2.45, 2.75) is 32.6 Å². The minimum Gasteiger partial charge on any atom is -0.454 e. The highest BCUT2D eigenvalue weighted by atomic mass is 32.1. The molecule has 0 saturated carbocycles. The van der Waals surface area contributed by atoms with E-state index in [1.54, 1.807) is 6.08 Å². The molecule has 0 unspecified atom stereocenters. The lowest BCUT2D eigenvalue weighted by Gasteiger charge is -2.20. The maximum atomic E-state index is 12.4. The quantitative estimate of drug-likeness (QED) is 0.751. The summed E-state index contributed by atoms with van der Waals surface area (Å²) in [5.41, 5.74) is 7.92. The van der Waals surface area contributed by atoms with Crippen LogP contribution in [-0.4, -0.2) is 18.6 Å². The van der Waals surface area contributed by atoms with Gasteiger partial charge in [-0.25, -0.2) is 0 Å². The normalized spacial score (nSPS) is 17.5. The molecule has 2 aromatic rings. The summed E-state index contributed by atoms with van der Waals surface area (Å²) in [7, 11) is 0. The van der Waals surface area contributed by atoms with Gasteiger partial charge in [0, 0.05) is 11.0 Å². The molecule has 0 spiro atoms. The highest BCUT2D eigenvalue weighted by molar-refractivity contribution is 7.17. The SMILES string of the molecule is CC[C@@H]1CCc2c(sc(NC(=O)/C=C/c3ccc4c(c3)OCO4)c2C(N)=O)C1. The lowest BCUT2D eigenvalue weighted by Crippen LogP contribution is -2.19. The molecule has 2 heterocycles. The molecule has 28 heavy (non-hydrogen) atoms. The van der Waals surface area contributed by atoms with Crippen molar-refractivity contribution < 1.29 is 19.1 Å². The van der Waals surface area contributed by atoms with E-state index in [2.05, 4.69) is 12.2 Å². The Morgan fingerprint density at radius 3 is 2.93 bits per heavy atom. The third kappa shape index (κ3) is 3.62. The number of carbonyl (C=O) groups is 2. The van der Waals surface area contributed by atoms with Crippen LogP contribution in [0.5, 0.6) is 11.5 Å². The molecular formula is C21H22N2O4S. The maximum Gasteiger partial charge on any atom is 0.251 e. The summed E-state index contributed by atoms with van der Waals surface area (Å²) in [6.07, 6.45) is 7.09. The number of thiophene rings is 1. The molecule has 0 radical (unpaired) electrons. The minimum absolute atomic E-state index is 0.209. The molecule has 0 saturated heterocycles. The Morgan fingerprint density at radius 1 is 1.32 bits per heavy atom. The van der Waals surface area contributed by atoms with Crippen molar-refractivity contribution in [2.75, 3.05) is 12.1 Å². The molecule has 4 rings (SSSR count). The van der Waals surface area contributed by atoms with E-state index in [4.69, 9.17) is 15.2 Å². The summed E-state index contributed by atoms with van der Waals surface area (Å²) in [5.74, 6) is 1.20. The van der Waals surface area contributed by atoms with Crippen LogP contribution in [0, 0.1) is 5.92 Å². The van der Waals surface area contributed by atoms with Gasteiger partial charge in [-0.1, -0.05) is 19.4 Å². The largest absolute Gasteiger partial charge is 0.454 e. The molecule has 2 aliphatic rings. The van der Waals surface area contributed by atoms with Crippen LogP contribution < -0.4 is 20.5 Å². The van der Waals surface area contributed by atoms with Gasteiger partial charge in [0.1, 0.15) is 5.00 Å². The van der Waals surface area contributed by atoms with E-state index in [1.807, 2.05) is 18.2 Å². The second-order valence-corrected chi connectivity index (χ2v) is 8.13. The first kappa shape index (κ1) is 18.6. The number of nitrogens with one attached hydrogen (secondary N) is 1. The van der Waals surface area contributed by atoms with Gasteiger partial charge in [-0.3, -0.25) is 9.59 Å². The molecule has 1 atom stereocenters. The molecule has 7 heteroatoms. The zero-order valence-electron chi connectivity index (χ0n) is 15.6. The zero-order chi connectivity index (χ0) is 19.7. The van der Waals surface area contributed by atoms with Crippen molar-refractivity contribution >= 4 is 34.2 Å². The van der Waals surface area contributed by atoms with Gasteiger partial charge in [0.2, 0.25) is 12.7 Å². The average Bonchev–Trinajstić information content (AvgIpc) is 3.28. The van der Waals surface area contributed by atoms with Crippen LogP contribution in [0.25, 0.3) is 6.08 Å². The number of fused-ring (bicyclic) bond motifs is 2. The molecule has 2 amide bonds. The number of benzene rings is 1. The molecule has 146 valence electrons. The Balaban J connectivity index is 1.51. The van der Waals surface area contributed by atoms with E-state index in [0.717, 1.165) is 36.8 Å². The number of hydrogen-bond acceptors (Lipinski definition) is 5. The van der Waals surface area contributed by atoms with Gasteiger partial charge < -0.3 is 20.5 Å². The number of amides is 2. The van der Waals surface area contributed by atoms with Crippen molar-refractivity contribution in [3.63, 3.8) is 0 Å². The highest BCUT2D eigenvalue weighted by Crippen LogP contribution is 2.40. The standard InChI is InChI=1S/C21H22N2O4S/c1-2-12-3-6-14-17(10-12)28-21(19(14)20(22)25)23-18(24)8-5-13-4-7-15-16(9-13)27-11-26-15/h4-5,7-9,12H,2-3,6,10-11H2,1H3,(H2,22,25)(H,23,24)/b8-5+/t12-/m1/s1. The van der Waals surface area contributed by atoms with Crippen molar-refractivity contribution in [1.29, 1.82) is 0 Å². The van der Waals surface area contributed by atoms with E-state index in [9.17, 15) is 9.59 Å². The van der Waals surface area contributed by atoms with Crippen molar-refractivity contribution in [1.82, 2.24) is 0 Å².